The molecule has 3 nitrogen and oxygen atoms in total. The van der Waals surface area contributed by atoms with Gasteiger partial charge >= 0.3 is 0 Å². The van der Waals surface area contributed by atoms with Gasteiger partial charge in [0.15, 0.2) is 12.1 Å². The fourth-order valence-corrected chi connectivity index (χ4v) is 0.782. The number of carbonyl (C=O) groups is 1. The van der Waals surface area contributed by atoms with E-state index >= 15 is 0 Å². The first-order valence-electron chi connectivity index (χ1n) is 2.91. The van der Waals surface area contributed by atoms with E-state index in [9.17, 15) is 4.79 Å². The Labute approximate surface area is 53.9 Å². The van der Waals surface area contributed by atoms with Crippen LogP contribution in [-0.4, -0.2) is 24.8 Å². The van der Waals surface area contributed by atoms with E-state index in [1.54, 1.807) is 13.8 Å². The van der Waals surface area contributed by atoms with Crippen LogP contribution in [0.4, 0.5) is 0 Å². The van der Waals surface area contributed by atoms with E-state index in [4.69, 9.17) is 9.47 Å². The van der Waals surface area contributed by atoms with Gasteiger partial charge in [0.2, 0.25) is 0 Å². The Morgan fingerprint density at radius 1 is 1.67 bits per heavy atom. The Hall–Kier alpha value is -0.410. The number of ether oxygens (including phenoxy) is 2. The average molecular weight is 130 g/mol. The van der Waals surface area contributed by atoms with Crippen LogP contribution in [0, 0.1) is 0 Å². The van der Waals surface area contributed by atoms with Crippen LogP contribution in [0.1, 0.15) is 13.8 Å². The third-order valence-electron chi connectivity index (χ3n) is 1.18. The number of hydrogen-bond donors (Lipinski definition) is 0. The maximum absolute atomic E-state index is 10.1. The largest absolute Gasteiger partial charge is 0.347 e. The molecule has 1 heterocycles. The van der Waals surface area contributed by atoms with E-state index in [0.29, 0.717) is 6.61 Å². The van der Waals surface area contributed by atoms with Crippen LogP contribution < -0.4 is 0 Å². The Balaban J connectivity index is 2.47. The molecule has 0 aromatic carbocycles. The lowest BCUT2D eigenvalue weighted by atomic mass is 10.4. The molecule has 0 spiro atoms. The second-order valence-corrected chi connectivity index (χ2v) is 2.50. The highest BCUT2D eigenvalue weighted by Gasteiger charge is 2.31. The van der Waals surface area contributed by atoms with Crippen LogP contribution in [0.2, 0.25) is 0 Å². The van der Waals surface area contributed by atoms with Crippen molar-refractivity contribution in [2.45, 2.75) is 25.7 Å². The van der Waals surface area contributed by atoms with Gasteiger partial charge in [-0.3, -0.25) is 0 Å². The quantitative estimate of drug-likeness (QED) is 0.480. The Kier molecular flexibility index (Phi) is 1.55. The highest BCUT2D eigenvalue weighted by atomic mass is 16.7. The Bertz CT molecular complexity index is 119. The van der Waals surface area contributed by atoms with Crippen LogP contribution >= 0.6 is 0 Å². The minimum atomic E-state index is -0.564. The number of carbonyl (C=O) groups excluding carboxylic acids is 1. The fraction of sp³-hybridized carbons (Fsp3) is 0.833. The molecule has 1 aliphatic rings. The van der Waals surface area contributed by atoms with Crippen molar-refractivity contribution in [3.63, 3.8) is 0 Å². The van der Waals surface area contributed by atoms with Crippen molar-refractivity contribution in [1.29, 1.82) is 0 Å². The van der Waals surface area contributed by atoms with E-state index < -0.39 is 5.79 Å². The van der Waals surface area contributed by atoms with Gasteiger partial charge in [0, 0.05) is 0 Å². The Morgan fingerprint density at radius 2 is 2.33 bits per heavy atom. The molecule has 3 heteroatoms. The summed E-state index contributed by atoms with van der Waals surface area (Å²) in [5.41, 5.74) is 0. The standard InChI is InChI=1S/C6H10O3/c1-6(2)8-4-5(3-7)9-6/h3,5H,4H2,1-2H3/t5-/m0/s1. The molecule has 9 heavy (non-hydrogen) atoms. The SMILES string of the molecule is CC1(C)OC[C@H](C=O)O1. The van der Waals surface area contributed by atoms with Crippen LogP contribution in [0.5, 0.6) is 0 Å². The molecule has 0 aromatic heterocycles. The van der Waals surface area contributed by atoms with Crippen molar-refractivity contribution < 1.29 is 14.3 Å². The molecule has 0 N–H and O–H groups in total. The molecule has 1 atom stereocenters. The van der Waals surface area contributed by atoms with E-state index in [0.717, 1.165) is 6.29 Å². The Morgan fingerprint density at radius 3 is 2.56 bits per heavy atom. The molecule has 0 saturated carbocycles. The molecule has 1 saturated heterocycles. The summed E-state index contributed by atoms with van der Waals surface area (Å²) in [6.07, 6.45) is 0.398. The second-order valence-electron chi connectivity index (χ2n) is 2.50. The highest BCUT2D eigenvalue weighted by molar-refractivity contribution is 5.56. The summed E-state index contributed by atoms with van der Waals surface area (Å²) in [6, 6.07) is 0. The molecule has 0 radical (unpaired) electrons. The maximum atomic E-state index is 10.1. The van der Waals surface area contributed by atoms with Crippen molar-refractivity contribution >= 4 is 6.29 Å². The third kappa shape index (κ3) is 1.50. The molecular formula is C6H10O3. The zero-order valence-electron chi connectivity index (χ0n) is 5.59. The van der Waals surface area contributed by atoms with Crippen molar-refractivity contribution in [3.8, 4) is 0 Å². The van der Waals surface area contributed by atoms with E-state index in [1.165, 1.54) is 0 Å². The summed E-state index contributed by atoms with van der Waals surface area (Å²) in [7, 11) is 0. The van der Waals surface area contributed by atoms with Gasteiger partial charge in [-0.25, -0.2) is 0 Å². The first-order valence-corrected chi connectivity index (χ1v) is 2.91. The van der Waals surface area contributed by atoms with Gasteiger partial charge in [-0.05, 0) is 13.8 Å². The van der Waals surface area contributed by atoms with Crippen LogP contribution in [-0.2, 0) is 14.3 Å². The van der Waals surface area contributed by atoms with E-state index in [2.05, 4.69) is 0 Å². The van der Waals surface area contributed by atoms with Gasteiger partial charge in [0.1, 0.15) is 6.10 Å². The third-order valence-corrected chi connectivity index (χ3v) is 1.18. The molecule has 0 bridgehead atoms. The predicted octanol–water partition coefficient (Wildman–Crippen LogP) is 0.337. The molecule has 1 rings (SSSR count). The van der Waals surface area contributed by atoms with Gasteiger partial charge < -0.3 is 14.3 Å². The first-order chi connectivity index (χ1) is 4.14. The van der Waals surface area contributed by atoms with Gasteiger partial charge in [0.25, 0.3) is 0 Å². The van der Waals surface area contributed by atoms with Crippen molar-refractivity contribution in [3.05, 3.63) is 0 Å². The average Bonchev–Trinajstić information content (AvgIpc) is 2.10. The molecular weight excluding hydrogens is 120 g/mol. The molecule has 0 amide bonds. The first kappa shape index (κ1) is 6.71. The number of rotatable bonds is 1. The summed E-state index contributed by atoms with van der Waals surface area (Å²) in [4.78, 5) is 10.1. The lowest BCUT2D eigenvalue weighted by molar-refractivity contribution is -0.145. The molecule has 0 unspecified atom stereocenters. The predicted molar refractivity (Wildman–Crippen MR) is 31.0 cm³/mol. The van der Waals surface area contributed by atoms with Crippen molar-refractivity contribution in [2.75, 3.05) is 6.61 Å². The van der Waals surface area contributed by atoms with Crippen molar-refractivity contribution in [1.82, 2.24) is 0 Å². The van der Waals surface area contributed by atoms with Crippen LogP contribution in [0.15, 0.2) is 0 Å². The number of aldehydes is 1. The summed E-state index contributed by atoms with van der Waals surface area (Å²) in [6.45, 7) is 3.96. The van der Waals surface area contributed by atoms with Crippen LogP contribution in [0.25, 0.3) is 0 Å². The zero-order chi connectivity index (χ0) is 6.91. The van der Waals surface area contributed by atoms with Gasteiger partial charge in [-0.15, -0.1) is 0 Å². The fourth-order valence-electron chi connectivity index (χ4n) is 0.782. The molecule has 0 aromatic rings. The lowest BCUT2D eigenvalue weighted by Crippen LogP contribution is -2.21. The van der Waals surface area contributed by atoms with Gasteiger partial charge in [-0.2, -0.15) is 0 Å². The minimum Gasteiger partial charge on any atom is -0.347 e. The smallest absolute Gasteiger partial charge is 0.163 e. The minimum absolute atomic E-state index is 0.361. The summed E-state index contributed by atoms with van der Waals surface area (Å²) in [5, 5.41) is 0. The van der Waals surface area contributed by atoms with Crippen molar-refractivity contribution in [2.24, 2.45) is 0 Å². The molecule has 52 valence electrons. The normalized spacial score (nSPS) is 32.4. The number of hydrogen-bond acceptors (Lipinski definition) is 3. The highest BCUT2D eigenvalue weighted by Crippen LogP contribution is 2.20. The lowest BCUT2D eigenvalue weighted by Gasteiger charge is -2.14. The maximum Gasteiger partial charge on any atom is 0.163 e. The van der Waals surface area contributed by atoms with Gasteiger partial charge in [-0.1, -0.05) is 0 Å². The van der Waals surface area contributed by atoms with E-state index in [-0.39, 0.29) is 6.10 Å². The van der Waals surface area contributed by atoms with Gasteiger partial charge in [0.05, 0.1) is 6.61 Å². The molecule has 1 fully saturated rings. The zero-order valence-corrected chi connectivity index (χ0v) is 5.59. The molecule has 1 aliphatic heterocycles. The molecule has 0 aliphatic carbocycles. The summed E-state index contributed by atoms with van der Waals surface area (Å²) < 4.78 is 10.2. The second kappa shape index (κ2) is 2.08. The summed E-state index contributed by atoms with van der Waals surface area (Å²) in [5.74, 6) is -0.564. The topological polar surface area (TPSA) is 35.5 Å². The van der Waals surface area contributed by atoms with Crippen LogP contribution in [0.3, 0.4) is 0 Å². The van der Waals surface area contributed by atoms with E-state index in [1.807, 2.05) is 0 Å². The summed E-state index contributed by atoms with van der Waals surface area (Å²) >= 11 is 0. The monoisotopic (exact) mass is 130 g/mol.